The van der Waals surface area contributed by atoms with Crippen molar-refractivity contribution in [3.8, 4) is 11.3 Å². The zero-order chi connectivity index (χ0) is 22.2. The van der Waals surface area contributed by atoms with Gasteiger partial charge in [-0.05, 0) is 61.4 Å². The lowest BCUT2D eigenvalue weighted by Gasteiger charge is -2.03. The van der Waals surface area contributed by atoms with Crippen molar-refractivity contribution in [2.24, 2.45) is 4.99 Å². The van der Waals surface area contributed by atoms with Crippen molar-refractivity contribution in [3.63, 3.8) is 0 Å². The highest BCUT2D eigenvalue weighted by Gasteiger charge is 2.11. The van der Waals surface area contributed by atoms with Crippen LogP contribution in [0.15, 0.2) is 70.3 Å². The van der Waals surface area contributed by atoms with Crippen molar-refractivity contribution in [2.45, 2.75) is 19.8 Å². The second-order valence-electron chi connectivity index (χ2n) is 6.69. The Morgan fingerprint density at radius 2 is 1.90 bits per heavy atom. The third-order valence-electron chi connectivity index (χ3n) is 4.30. The Morgan fingerprint density at radius 3 is 2.65 bits per heavy atom. The average molecular weight is 455 g/mol. The molecular formula is C23H20Cl2N4O2. The number of nitrogens with one attached hydrogen (secondary N) is 2. The van der Waals surface area contributed by atoms with Crippen LogP contribution >= 0.6 is 23.2 Å². The van der Waals surface area contributed by atoms with Gasteiger partial charge in [-0.1, -0.05) is 34.4 Å². The standard InChI is InChI=1S/C23H20Cl2N4O2/c1-15-13-17(25)6-9-19(15)21-14-22(31-29-21)20(26)10-12-27-11-2-3-23(30)28-18-7-4-16(24)5-8-18/h4-14,26H,2-3H2,1H3,(H,28,30). The van der Waals surface area contributed by atoms with Crippen LogP contribution in [0.25, 0.3) is 11.3 Å². The van der Waals surface area contributed by atoms with Crippen molar-refractivity contribution in [1.82, 2.24) is 5.16 Å². The largest absolute Gasteiger partial charge is 0.354 e. The fourth-order valence-electron chi connectivity index (χ4n) is 2.73. The molecule has 2 aromatic carbocycles. The number of carbonyl (C=O) groups excluding carboxylic acids is 1. The molecule has 0 unspecified atom stereocenters. The molecule has 1 heterocycles. The molecule has 0 saturated heterocycles. The normalized spacial score (nSPS) is 11.3. The lowest BCUT2D eigenvalue weighted by atomic mass is 10.1. The zero-order valence-electron chi connectivity index (χ0n) is 16.7. The molecule has 0 saturated carbocycles. The molecule has 1 aromatic heterocycles. The summed E-state index contributed by atoms with van der Waals surface area (Å²) >= 11 is 11.8. The minimum atomic E-state index is -0.114. The highest BCUT2D eigenvalue weighted by Crippen LogP contribution is 2.25. The van der Waals surface area contributed by atoms with E-state index in [0.29, 0.717) is 40.0 Å². The van der Waals surface area contributed by atoms with E-state index < -0.39 is 0 Å². The van der Waals surface area contributed by atoms with Gasteiger partial charge in [-0.2, -0.15) is 0 Å². The molecule has 0 spiro atoms. The lowest BCUT2D eigenvalue weighted by molar-refractivity contribution is -0.116. The summed E-state index contributed by atoms with van der Waals surface area (Å²) in [6, 6.07) is 14.1. The summed E-state index contributed by atoms with van der Waals surface area (Å²) in [4.78, 5) is 16.0. The first-order chi connectivity index (χ1) is 14.9. The second kappa shape index (κ2) is 10.7. The van der Waals surface area contributed by atoms with E-state index in [9.17, 15) is 4.79 Å². The third kappa shape index (κ3) is 6.64. The smallest absolute Gasteiger partial charge is 0.224 e. The number of halogens is 2. The van der Waals surface area contributed by atoms with Crippen molar-refractivity contribution >= 4 is 46.7 Å². The maximum absolute atomic E-state index is 11.9. The molecule has 0 aliphatic heterocycles. The van der Waals surface area contributed by atoms with Crippen LogP contribution in [0.1, 0.15) is 24.2 Å². The molecule has 158 valence electrons. The first kappa shape index (κ1) is 22.5. The fraction of sp³-hybridized carbons (Fsp3) is 0.130. The number of carbonyl (C=O) groups is 1. The van der Waals surface area contributed by atoms with Crippen LogP contribution in [0.3, 0.4) is 0 Å². The Morgan fingerprint density at radius 1 is 1.16 bits per heavy atom. The molecule has 3 aromatic rings. The van der Waals surface area contributed by atoms with E-state index in [2.05, 4.69) is 15.5 Å². The first-order valence-corrected chi connectivity index (χ1v) is 10.2. The number of hydrogen-bond donors (Lipinski definition) is 2. The summed E-state index contributed by atoms with van der Waals surface area (Å²) in [6.45, 7) is 1.94. The summed E-state index contributed by atoms with van der Waals surface area (Å²) in [5.41, 5.74) is 3.34. The minimum Gasteiger partial charge on any atom is -0.354 e. The Balaban J connectivity index is 1.47. The van der Waals surface area contributed by atoms with E-state index >= 15 is 0 Å². The molecular weight excluding hydrogens is 435 g/mol. The average Bonchev–Trinajstić information content (AvgIpc) is 3.22. The van der Waals surface area contributed by atoms with E-state index in [4.69, 9.17) is 33.1 Å². The zero-order valence-corrected chi connectivity index (χ0v) is 18.2. The van der Waals surface area contributed by atoms with Crippen molar-refractivity contribution in [2.75, 3.05) is 5.32 Å². The summed E-state index contributed by atoms with van der Waals surface area (Å²) < 4.78 is 5.27. The van der Waals surface area contributed by atoms with Gasteiger partial charge in [0, 0.05) is 46.2 Å². The van der Waals surface area contributed by atoms with E-state index in [1.165, 1.54) is 12.3 Å². The quantitative estimate of drug-likeness (QED) is 0.389. The van der Waals surface area contributed by atoms with Crippen molar-refractivity contribution in [3.05, 3.63) is 82.2 Å². The number of anilines is 1. The second-order valence-corrected chi connectivity index (χ2v) is 7.56. The highest BCUT2D eigenvalue weighted by atomic mass is 35.5. The molecule has 0 bridgehead atoms. The summed E-state index contributed by atoms with van der Waals surface area (Å²) in [6.07, 6.45) is 5.37. The van der Waals surface area contributed by atoms with E-state index in [-0.39, 0.29) is 11.6 Å². The SMILES string of the molecule is Cc1cc(Cl)ccc1-c1cc(C(=N)C=CN=CCCC(=O)Nc2ccc(Cl)cc2)on1. The number of nitrogens with zero attached hydrogens (tertiary/aromatic N) is 2. The molecule has 8 heteroatoms. The molecule has 0 radical (unpaired) electrons. The molecule has 3 rings (SSSR count). The molecule has 1 amide bonds. The van der Waals surface area contributed by atoms with Crippen LogP contribution in [0, 0.1) is 12.3 Å². The van der Waals surface area contributed by atoms with Gasteiger partial charge < -0.3 is 9.84 Å². The molecule has 0 aliphatic carbocycles. The molecule has 2 N–H and O–H groups in total. The van der Waals surface area contributed by atoms with Crippen LogP contribution in [0.4, 0.5) is 5.69 Å². The van der Waals surface area contributed by atoms with Crippen LogP contribution in [0.2, 0.25) is 10.0 Å². The molecule has 0 fully saturated rings. The Bertz CT molecular complexity index is 1130. The van der Waals surface area contributed by atoms with Gasteiger partial charge in [0.05, 0.1) is 0 Å². The van der Waals surface area contributed by atoms with Gasteiger partial charge >= 0.3 is 0 Å². The molecule has 0 atom stereocenters. The number of amides is 1. The first-order valence-electron chi connectivity index (χ1n) is 9.48. The molecule has 0 aliphatic rings. The van der Waals surface area contributed by atoms with Gasteiger partial charge in [0.15, 0.2) is 5.76 Å². The monoisotopic (exact) mass is 454 g/mol. The number of rotatable bonds is 8. The van der Waals surface area contributed by atoms with Crippen molar-refractivity contribution in [1.29, 1.82) is 5.41 Å². The maximum atomic E-state index is 11.9. The van der Waals surface area contributed by atoms with Gasteiger partial charge in [0.2, 0.25) is 5.91 Å². The third-order valence-corrected chi connectivity index (χ3v) is 4.79. The van der Waals surface area contributed by atoms with Crippen LogP contribution in [-0.2, 0) is 4.79 Å². The topological polar surface area (TPSA) is 91.3 Å². The number of hydrogen-bond acceptors (Lipinski definition) is 5. The summed E-state index contributed by atoms with van der Waals surface area (Å²) in [7, 11) is 0. The Labute approximate surface area is 190 Å². The molecule has 6 nitrogen and oxygen atoms in total. The predicted octanol–water partition coefficient (Wildman–Crippen LogP) is 6.33. The van der Waals surface area contributed by atoms with Gasteiger partial charge in [-0.3, -0.25) is 15.2 Å². The van der Waals surface area contributed by atoms with E-state index in [1.54, 1.807) is 42.6 Å². The number of benzene rings is 2. The predicted molar refractivity (Wildman–Crippen MR) is 125 cm³/mol. The summed E-state index contributed by atoms with van der Waals surface area (Å²) in [5, 5.41) is 16.2. The molecule has 31 heavy (non-hydrogen) atoms. The fourth-order valence-corrected chi connectivity index (χ4v) is 3.08. The summed E-state index contributed by atoms with van der Waals surface area (Å²) in [5.74, 6) is 0.218. The number of aliphatic imine (C=N–C) groups is 1. The van der Waals surface area contributed by atoms with Gasteiger partial charge in [0.1, 0.15) is 11.4 Å². The maximum Gasteiger partial charge on any atom is 0.224 e. The number of aryl methyl sites for hydroxylation is 1. The van der Waals surface area contributed by atoms with E-state index in [0.717, 1.165) is 11.1 Å². The van der Waals surface area contributed by atoms with Crippen LogP contribution in [0.5, 0.6) is 0 Å². The minimum absolute atomic E-state index is 0.114. The number of aromatic nitrogens is 1. The van der Waals surface area contributed by atoms with Crippen LogP contribution < -0.4 is 5.32 Å². The number of allylic oxidation sites excluding steroid dienone is 1. The van der Waals surface area contributed by atoms with Crippen LogP contribution in [-0.4, -0.2) is 23.0 Å². The lowest BCUT2D eigenvalue weighted by Crippen LogP contribution is -2.10. The van der Waals surface area contributed by atoms with E-state index in [1.807, 2.05) is 19.1 Å². The van der Waals surface area contributed by atoms with Crippen molar-refractivity contribution < 1.29 is 9.32 Å². The van der Waals surface area contributed by atoms with Gasteiger partial charge in [-0.25, -0.2) is 0 Å². The Hall–Kier alpha value is -3.22. The Kier molecular flexibility index (Phi) is 7.76. The highest BCUT2D eigenvalue weighted by molar-refractivity contribution is 6.31. The van der Waals surface area contributed by atoms with Gasteiger partial charge in [-0.15, -0.1) is 0 Å². The van der Waals surface area contributed by atoms with Gasteiger partial charge in [0.25, 0.3) is 0 Å².